The van der Waals surface area contributed by atoms with Gasteiger partial charge in [0.25, 0.3) is 0 Å². The molecule has 0 N–H and O–H groups in total. The lowest BCUT2D eigenvalue weighted by molar-refractivity contribution is 0.275. The van der Waals surface area contributed by atoms with E-state index in [9.17, 15) is 4.39 Å². The van der Waals surface area contributed by atoms with Gasteiger partial charge >= 0.3 is 0 Å². The van der Waals surface area contributed by atoms with Crippen molar-refractivity contribution in [1.29, 1.82) is 5.26 Å². The minimum absolute atomic E-state index is 0.173. The van der Waals surface area contributed by atoms with Crippen LogP contribution in [-0.2, 0) is 12.8 Å². The first-order chi connectivity index (χ1) is 8.74. The second-order valence-electron chi connectivity index (χ2n) is 5.36. The van der Waals surface area contributed by atoms with Gasteiger partial charge in [0, 0.05) is 6.42 Å². The quantitative estimate of drug-likeness (QED) is 0.814. The summed E-state index contributed by atoms with van der Waals surface area (Å²) in [4.78, 5) is 0. The largest absolute Gasteiger partial charge is 0.490 e. The van der Waals surface area contributed by atoms with Crippen LogP contribution in [-0.4, -0.2) is 6.61 Å². The van der Waals surface area contributed by atoms with Crippen molar-refractivity contribution in [3.8, 4) is 11.8 Å². The van der Waals surface area contributed by atoms with Gasteiger partial charge in [0.05, 0.1) is 18.1 Å². The highest BCUT2D eigenvalue weighted by Gasteiger charge is 2.42. The fourth-order valence-electron chi connectivity index (χ4n) is 2.64. The summed E-state index contributed by atoms with van der Waals surface area (Å²) in [6.45, 7) is 0.434. The number of rotatable bonds is 4. The molecule has 0 amide bonds. The van der Waals surface area contributed by atoms with Crippen LogP contribution < -0.4 is 4.74 Å². The Kier molecular flexibility index (Phi) is 2.74. The zero-order chi connectivity index (χ0) is 12.6. The van der Waals surface area contributed by atoms with Gasteiger partial charge in [-0.3, -0.25) is 0 Å². The molecule has 3 rings (SSSR count). The number of ether oxygens (including phenoxy) is 1. The van der Waals surface area contributed by atoms with Crippen molar-refractivity contribution in [3.63, 3.8) is 0 Å². The molecule has 0 saturated heterocycles. The van der Waals surface area contributed by atoms with Gasteiger partial charge in [0.2, 0.25) is 0 Å². The van der Waals surface area contributed by atoms with E-state index in [1.807, 2.05) is 6.07 Å². The maximum absolute atomic E-state index is 14.1. The maximum atomic E-state index is 14.1. The predicted octanol–water partition coefficient (Wildman–Crippen LogP) is 3.39. The lowest BCUT2D eigenvalue weighted by Crippen LogP contribution is -2.07. The average Bonchev–Trinajstić information content (AvgIpc) is 2.99. The van der Waals surface area contributed by atoms with Crippen LogP contribution in [0.1, 0.15) is 36.8 Å². The Morgan fingerprint density at radius 1 is 1.33 bits per heavy atom. The van der Waals surface area contributed by atoms with E-state index in [1.54, 1.807) is 6.07 Å². The maximum Gasteiger partial charge on any atom is 0.168 e. The number of hydrogen-bond donors (Lipinski definition) is 0. The third-order valence-electron chi connectivity index (χ3n) is 4.11. The van der Waals surface area contributed by atoms with Crippen LogP contribution in [0.3, 0.4) is 0 Å². The number of nitrogens with zero attached hydrogens (tertiary/aromatic N) is 1. The first-order valence-corrected chi connectivity index (χ1v) is 6.58. The highest BCUT2D eigenvalue weighted by Crippen LogP contribution is 2.48. The lowest BCUT2D eigenvalue weighted by atomic mass is 10.1. The van der Waals surface area contributed by atoms with Gasteiger partial charge in [-0.25, -0.2) is 4.39 Å². The van der Waals surface area contributed by atoms with Gasteiger partial charge in [-0.2, -0.15) is 5.26 Å². The van der Waals surface area contributed by atoms with Crippen LogP contribution >= 0.6 is 0 Å². The first-order valence-electron chi connectivity index (χ1n) is 6.58. The minimum Gasteiger partial charge on any atom is -0.490 e. The van der Waals surface area contributed by atoms with Crippen LogP contribution in [0.15, 0.2) is 12.1 Å². The number of benzene rings is 1. The van der Waals surface area contributed by atoms with Gasteiger partial charge in [-0.05, 0) is 49.3 Å². The van der Waals surface area contributed by atoms with E-state index in [-0.39, 0.29) is 11.2 Å². The van der Waals surface area contributed by atoms with Crippen LogP contribution in [0.2, 0.25) is 0 Å². The van der Waals surface area contributed by atoms with Gasteiger partial charge in [-0.1, -0.05) is 6.07 Å². The molecule has 2 aliphatic rings. The number of nitriles is 1. The molecule has 2 aliphatic carbocycles. The van der Waals surface area contributed by atoms with Crippen molar-refractivity contribution in [2.45, 2.75) is 38.5 Å². The molecule has 0 bridgehead atoms. The van der Waals surface area contributed by atoms with E-state index >= 15 is 0 Å². The van der Waals surface area contributed by atoms with Gasteiger partial charge in [0.15, 0.2) is 11.6 Å². The summed E-state index contributed by atoms with van der Waals surface area (Å²) in [6, 6.07) is 6.02. The molecule has 94 valence electrons. The monoisotopic (exact) mass is 245 g/mol. The molecule has 2 nitrogen and oxygen atoms in total. The van der Waals surface area contributed by atoms with Crippen LogP contribution in [0.5, 0.6) is 5.75 Å². The summed E-state index contributed by atoms with van der Waals surface area (Å²) < 4.78 is 19.6. The molecule has 1 aromatic carbocycles. The molecule has 0 unspecified atom stereocenters. The van der Waals surface area contributed by atoms with Crippen LogP contribution in [0.4, 0.5) is 4.39 Å². The van der Waals surface area contributed by atoms with Crippen LogP contribution in [0.25, 0.3) is 0 Å². The Morgan fingerprint density at radius 2 is 2.17 bits per heavy atom. The minimum atomic E-state index is -0.188. The molecule has 1 saturated carbocycles. The smallest absolute Gasteiger partial charge is 0.168 e. The number of aryl methyl sites for hydroxylation is 1. The van der Waals surface area contributed by atoms with E-state index < -0.39 is 0 Å². The molecule has 1 aromatic rings. The third kappa shape index (κ3) is 1.96. The summed E-state index contributed by atoms with van der Waals surface area (Å²) in [7, 11) is 0. The second kappa shape index (κ2) is 4.28. The summed E-state index contributed by atoms with van der Waals surface area (Å²) in [6.07, 6.45) is 5.46. The Bertz CT molecular complexity index is 514. The molecule has 0 aromatic heterocycles. The van der Waals surface area contributed by atoms with Crippen molar-refractivity contribution in [2.24, 2.45) is 5.41 Å². The number of hydrogen-bond acceptors (Lipinski definition) is 2. The summed E-state index contributed by atoms with van der Waals surface area (Å²) >= 11 is 0. The summed E-state index contributed by atoms with van der Waals surface area (Å²) in [5.74, 6) is 0.163. The van der Waals surface area contributed by atoms with Crippen molar-refractivity contribution in [2.75, 3.05) is 6.61 Å². The Balaban J connectivity index is 1.65. The standard InChI is InChI=1S/C15H16FNO/c16-14-12-3-1-2-11(12)4-5-13(14)18-9-8-15(10-17)6-7-15/h4-5H,1-3,6-9H2. The van der Waals surface area contributed by atoms with Gasteiger partial charge in [0.1, 0.15) is 0 Å². The fraction of sp³-hybridized carbons (Fsp3) is 0.533. The van der Waals surface area contributed by atoms with E-state index in [1.165, 1.54) is 0 Å². The van der Waals surface area contributed by atoms with Gasteiger partial charge < -0.3 is 4.74 Å². The van der Waals surface area contributed by atoms with Crippen molar-refractivity contribution in [3.05, 3.63) is 29.1 Å². The molecule has 0 spiro atoms. The molecule has 1 fully saturated rings. The van der Waals surface area contributed by atoms with Crippen LogP contribution in [0, 0.1) is 22.6 Å². The number of fused-ring (bicyclic) bond motifs is 1. The molecule has 18 heavy (non-hydrogen) atoms. The molecule has 0 radical (unpaired) electrons. The third-order valence-corrected chi connectivity index (χ3v) is 4.11. The zero-order valence-electron chi connectivity index (χ0n) is 10.3. The fourth-order valence-corrected chi connectivity index (χ4v) is 2.64. The summed E-state index contributed by atoms with van der Waals surface area (Å²) in [5.41, 5.74) is 1.78. The lowest BCUT2D eigenvalue weighted by Gasteiger charge is -2.11. The van der Waals surface area contributed by atoms with Crippen molar-refractivity contribution in [1.82, 2.24) is 0 Å². The molecular weight excluding hydrogens is 229 g/mol. The highest BCUT2D eigenvalue weighted by molar-refractivity contribution is 5.40. The molecular formula is C15H16FNO. The van der Waals surface area contributed by atoms with Crippen molar-refractivity contribution >= 4 is 0 Å². The SMILES string of the molecule is N#CC1(CCOc2ccc3c(c2F)CCC3)CC1. The van der Waals surface area contributed by atoms with E-state index in [0.717, 1.165) is 43.2 Å². The molecule has 0 atom stereocenters. The van der Waals surface area contributed by atoms with E-state index in [4.69, 9.17) is 10.00 Å². The van der Waals surface area contributed by atoms with Crippen molar-refractivity contribution < 1.29 is 9.13 Å². The molecule has 0 aliphatic heterocycles. The Hall–Kier alpha value is -1.56. The normalized spacial score (nSPS) is 19.1. The zero-order valence-corrected chi connectivity index (χ0v) is 10.3. The predicted molar refractivity (Wildman–Crippen MR) is 65.8 cm³/mol. The number of halogens is 1. The Labute approximate surface area is 106 Å². The second-order valence-corrected chi connectivity index (χ2v) is 5.36. The summed E-state index contributed by atoms with van der Waals surface area (Å²) in [5, 5.41) is 8.96. The first kappa shape index (κ1) is 11.5. The molecule has 3 heteroatoms. The molecule has 0 heterocycles. The average molecular weight is 245 g/mol. The van der Waals surface area contributed by atoms with Gasteiger partial charge in [-0.15, -0.1) is 0 Å². The Morgan fingerprint density at radius 3 is 2.89 bits per heavy atom. The van der Waals surface area contributed by atoms with E-state index in [2.05, 4.69) is 6.07 Å². The topological polar surface area (TPSA) is 33.0 Å². The van der Waals surface area contributed by atoms with E-state index in [0.29, 0.717) is 18.8 Å². The highest BCUT2D eigenvalue weighted by atomic mass is 19.1.